The van der Waals surface area contributed by atoms with E-state index in [1.165, 1.54) is 0 Å². The summed E-state index contributed by atoms with van der Waals surface area (Å²) in [6.07, 6.45) is 2.14. The first-order valence-corrected chi connectivity index (χ1v) is 7.45. The standard InChI is InChI=1S/C16H16N2O2S/c1-12-15(6-4-7-17-12)16(20)18-10-14-9-13(11-21-14)5-2-3-8-19/h4,6-7,9,11,19H,3,8,10H2,1H3,(H,18,20). The Morgan fingerprint density at radius 3 is 3.14 bits per heavy atom. The van der Waals surface area contributed by atoms with E-state index in [1.807, 2.05) is 18.4 Å². The Bertz CT molecular complexity index is 683. The summed E-state index contributed by atoms with van der Waals surface area (Å²) in [5.74, 6) is 5.72. The number of carbonyl (C=O) groups is 1. The minimum Gasteiger partial charge on any atom is -0.395 e. The van der Waals surface area contributed by atoms with E-state index in [0.717, 1.165) is 16.1 Å². The normalized spacial score (nSPS) is 9.81. The minimum atomic E-state index is -0.123. The Morgan fingerprint density at radius 1 is 1.52 bits per heavy atom. The Morgan fingerprint density at radius 2 is 2.38 bits per heavy atom. The van der Waals surface area contributed by atoms with E-state index in [2.05, 4.69) is 22.1 Å². The molecule has 4 nitrogen and oxygen atoms in total. The molecular weight excluding hydrogens is 284 g/mol. The number of hydrogen-bond donors (Lipinski definition) is 2. The van der Waals surface area contributed by atoms with Crippen molar-refractivity contribution in [3.05, 3.63) is 51.5 Å². The van der Waals surface area contributed by atoms with Crippen LogP contribution in [0.2, 0.25) is 0 Å². The summed E-state index contributed by atoms with van der Waals surface area (Å²) >= 11 is 1.55. The molecule has 0 unspecified atom stereocenters. The first-order chi connectivity index (χ1) is 10.2. The Balaban J connectivity index is 1.93. The molecule has 2 aromatic rings. The maximum atomic E-state index is 12.1. The zero-order valence-corrected chi connectivity index (χ0v) is 12.5. The number of thiophene rings is 1. The van der Waals surface area contributed by atoms with Gasteiger partial charge < -0.3 is 10.4 Å². The maximum absolute atomic E-state index is 12.1. The van der Waals surface area contributed by atoms with Gasteiger partial charge in [0.1, 0.15) is 0 Å². The molecule has 2 aromatic heterocycles. The molecule has 21 heavy (non-hydrogen) atoms. The second-order valence-corrected chi connectivity index (χ2v) is 5.39. The Labute approximate surface area is 127 Å². The van der Waals surface area contributed by atoms with Crippen LogP contribution in [0.1, 0.15) is 32.9 Å². The third-order valence-corrected chi connectivity index (χ3v) is 3.73. The second-order valence-electron chi connectivity index (χ2n) is 4.40. The van der Waals surface area contributed by atoms with Crippen molar-refractivity contribution in [2.75, 3.05) is 6.61 Å². The summed E-state index contributed by atoms with van der Waals surface area (Å²) < 4.78 is 0. The number of nitrogens with zero attached hydrogens (tertiary/aromatic N) is 1. The number of nitrogens with one attached hydrogen (secondary N) is 1. The quantitative estimate of drug-likeness (QED) is 0.850. The van der Waals surface area contributed by atoms with Gasteiger partial charge in [0.15, 0.2) is 0 Å². The highest BCUT2D eigenvalue weighted by Crippen LogP contribution is 2.14. The van der Waals surface area contributed by atoms with Gasteiger partial charge >= 0.3 is 0 Å². The zero-order chi connectivity index (χ0) is 15.1. The lowest BCUT2D eigenvalue weighted by Crippen LogP contribution is -2.23. The molecule has 5 heteroatoms. The van der Waals surface area contributed by atoms with E-state index in [4.69, 9.17) is 5.11 Å². The molecule has 0 aliphatic heterocycles. The van der Waals surface area contributed by atoms with Crippen LogP contribution in [-0.2, 0) is 6.54 Å². The monoisotopic (exact) mass is 300 g/mol. The summed E-state index contributed by atoms with van der Waals surface area (Å²) in [6.45, 7) is 2.36. The first-order valence-electron chi connectivity index (χ1n) is 6.57. The second kappa shape index (κ2) is 7.58. The Hall–Kier alpha value is -2.16. The number of aliphatic hydroxyl groups excluding tert-OH is 1. The minimum absolute atomic E-state index is 0.0739. The van der Waals surface area contributed by atoms with Gasteiger partial charge in [0.05, 0.1) is 18.7 Å². The molecule has 2 rings (SSSR count). The summed E-state index contributed by atoms with van der Waals surface area (Å²) in [7, 11) is 0. The highest BCUT2D eigenvalue weighted by atomic mass is 32.1. The molecule has 0 aromatic carbocycles. The highest BCUT2D eigenvalue weighted by molar-refractivity contribution is 7.10. The Kier molecular flexibility index (Phi) is 5.50. The third-order valence-electron chi connectivity index (χ3n) is 2.80. The third kappa shape index (κ3) is 4.42. The van der Waals surface area contributed by atoms with Crippen molar-refractivity contribution < 1.29 is 9.90 Å². The van der Waals surface area contributed by atoms with Gasteiger partial charge in [0.2, 0.25) is 0 Å². The van der Waals surface area contributed by atoms with Gasteiger partial charge in [-0.05, 0) is 25.1 Å². The summed E-state index contributed by atoms with van der Waals surface area (Å²) in [5.41, 5.74) is 2.23. The molecule has 0 saturated carbocycles. The maximum Gasteiger partial charge on any atom is 0.253 e. The van der Waals surface area contributed by atoms with Crippen LogP contribution in [0.15, 0.2) is 29.8 Å². The van der Waals surface area contributed by atoms with Crippen LogP contribution in [0, 0.1) is 18.8 Å². The molecule has 2 N–H and O–H groups in total. The van der Waals surface area contributed by atoms with Crippen molar-refractivity contribution >= 4 is 17.2 Å². The molecule has 108 valence electrons. The topological polar surface area (TPSA) is 62.2 Å². The molecule has 0 bridgehead atoms. The van der Waals surface area contributed by atoms with Crippen molar-refractivity contribution in [2.45, 2.75) is 19.9 Å². The summed E-state index contributed by atoms with van der Waals surface area (Å²) in [5, 5.41) is 13.5. The van der Waals surface area contributed by atoms with Crippen molar-refractivity contribution in [3.63, 3.8) is 0 Å². The van der Waals surface area contributed by atoms with Crippen LogP contribution in [-0.4, -0.2) is 22.6 Å². The van der Waals surface area contributed by atoms with Crippen LogP contribution < -0.4 is 5.32 Å². The molecular formula is C16H16N2O2S. The number of carbonyl (C=O) groups excluding carboxylic acids is 1. The van der Waals surface area contributed by atoms with Crippen molar-refractivity contribution in [1.29, 1.82) is 0 Å². The molecule has 0 atom stereocenters. The van der Waals surface area contributed by atoms with Crippen LogP contribution >= 0.6 is 11.3 Å². The molecule has 0 spiro atoms. The van der Waals surface area contributed by atoms with Gasteiger partial charge in [-0.25, -0.2) is 0 Å². The van der Waals surface area contributed by atoms with Crippen LogP contribution in [0.4, 0.5) is 0 Å². The molecule has 0 aliphatic carbocycles. The molecule has 0 saturated heterocycles. The molecule has 2 heterocycles. The summed E-state index contributed by atoms with van der Waals surface area (Å²) in [6, 6.07) is 5.46. The van der Waals surface area contributed by atoms with Gasteiger partial charge in [-0.2, -0.15) is 0 Å². The predicted molar refractivity (Wildman–Crippen MR) is 83.0 cm³/mol. The fraction of sp³-hybridized carbons (Fsp3) is 0.250. The van der Waals surface area contributed by atoms with E-state index >= 15 is 0 Å². The number of rotatable bonds is 4. The first kappa shape index (κ1) is 15.2. The number of aliphatic hydroxyl groups is 1. The molecule has 0 radical (unpaired) electrons. The largest absolute Gasteiger partial charge is 0.395 e. The van der Waals surface area contributed by atoms with E-state index < -0.39 is 0 Å². The molecule has 1 amide bonds. The van der Waals surface area contributed by atoms with Gasteiger partial charge in [-0.1, -0.05) is 11.8 Å². The lowest BCUT2D eigenvalue weighted by atomic mass is 10.2. The van der Waals surface area contributed by atoms with Crippen LogP contribution in [0.3, 0.4) is 0 Å². The van der Waals surface area contributed by atoms with Crippen molar-refractivity contribution in [1.82, 2.24) is 10.3 Å². The predicted octanol–water partition coefficient (Wildman–Crippen LogP) is 2.12. The van der Waals surface area contributed by atoms with E-state index in [-0.39, 0.29) is 12.5 Å². The average Bonchev–Trinajstić information content (AvgIpc) is 2.93. The number of aromatic nitrogens is 1. The van der Waals surface area contributed by atoms with Gasteiger partial charge in [0.25, 0.3) is 5.91 Å². The number of pyridine rings is 1. The van der Waals surface area contributed by atoms with Gasteiger partial charge in [-0.3, -0.25) is 9.78 Å². The highest BCUT2D eigenvalue weighted by Gasteiger charge is 2.09. The lowest BCUT2D eigenvalue weighted by molar-refractivity contribution is 0.0950. The SMILES string of the molecule is Cc1ncccc1C(=O)NCc1cc(C#CCCO)cs1. The van der Waals surface area contributed by atoms with Crippen LogP contribution in [0.5, 0.6) is 0 Å². The fourth-order valence-electron chi connectivity index (χ4n) is 1.75. The number of hydrogen-bond acceptors (Lipinski definition) is 4. The van der Waals surface area contributed by atoms with E-state index in [0.29, 0.717) is 18.5 Å². The number of aryl methyl sites for hydroxylation is 1. The van der Waals surface area contributed by atoms with E-state index in [9.17, 15) is 4.79 Å². The van der Waals surface area contributed by atoms with Crippen molar-refractivity contribution in [2.24, 2.45) is 0 Å². The van der Waals surface area contributed by atoms with E-state index in [1.54, 1.807) is 29.7 Å². The zero-order valence-electron chi connectivity index (χ0n) is 11.7. The average molecular weight is 300 g/mol. The van der Waals surface area contributed by atoms with Crippen molar-refractivity contribution in [3.8, 4) is 11.8 Å². The number of amides is 1. The summed E-state index contributed by atoms with van der Waals surface area (Å²) in [4.78, 5) is 17.2. The fourth-order valence-corrected chi connectivity index (χ4v) is 2.50. The molecule has 0 fully saturated rings. The van der Waals surface area contributed by atoms with Gasteiger partial charge in [-0.15, -0.1) is 11.3 Å². The van der Waals surface area contributed by atoms with Gasteiger partial charge in [0, 0.05) is 34.1 Å². The lowest BCUT2D eigenvalue weighted by Gasteiger charge is -2.05. The molecule has 0 aliphatic rings. The smallest absolute Gasteiger partial charge is 0.253 e. The van der Waals surface area contributed by atoms with Crippen LogP contribution in [0.25, 0.3) is 0 Å².